The van der Waals surface area contributed by atoms with Crippen LogP contribution in [0.3, 0.4) is 0 Å². The molecule has 0 spiro atoms. The molecule has 1 aromatic heterocycles. The van der Waals surface area contributed by atoms with Crippen LogP contribution in [0.2, 0.25) is 0 Å². The molecular formula is C14H14N2. The molecule has 1 aromatic rings. The second-order valence-electron chi connectivity index (χ2n) is 3.49. The Balaban J connectivity index is 3.13. The van der Waals surface area contributed by atoms with Gasteiger partial charge in [-0.3, -0.25) is 0 Å². The highest BCUT2D eigenvalue weighted by atomic mass is 14.7. The summed E-state index contributed by atoms with van der Waals surface area (Å²) in [6.07, 6.45) is 7.65. The van der Waals surface area contributed by atoms with Gasteiger partial charge in [-0.2, -0.15) is 5.26 Å². The molecule has 0 saturated carbocycles. The molecule has 0 aliphatic heterocycles. The Bertz CT molecular complexity index is 470. The first-order chi connectivity index (χ1) is 7.67. The van der Waals surface area contributed by atoms with E-state index in [1.807, 2.05) is 44.2 Å². The van der Waals surface area contributed by atoms with Crippen LogP contribution in [-0.4, -0.2) is 4.98 Å². The zero-order valence-corrected chi connectivity index (χ0v) is 9.57. The molecule has 0 bridgehead atoms. The summed E-state index contributed by atoms with van der Waals surface area (Å²) >= 11 is 0. The fraction of sp³-hybridized carbons (Fsp3) is 0.143. The van der Waals surface area contributed by atoms with E-state index in [1.54, 1.807) is 12.3 Å². The molecule has 1 rings (SSSR count). The van der Waals surface area contributed by atoms with E-state index < -0.39 is 0 Å². The molecule has 16 heavy (non-hydrogen) atoms. The Morgan fingerprint density at radius 2 is 2.25 bits per heavy atom. The maximum Gasteiger partial charge on any atom is 0.140 e. The molecule has 2 heteroatoms. The van der Waals surface area contributed by atoms with Crippen LogP contribution in [0.25, 0.3) is 5.57 Å². The maximum absolute atomic E-state index is 8.66. The highest BCUT2D eigenvalue weighted by Gasteiger charge is 1.99. The van der Waals surface area contributed by atoms with Crippen molar-refractivity contribution in [2.75, 3.05) is 0 Å². The Morgan fingerprint density at radius 3 is 2.69 bits per heavy atom. The first-order valence-corrected chi connectivity index (χ1v) is 5.04. The lowest BCUT2D eigenvalue weighted by molar-refractivity contribution is 1.25. The van der Waals surface area contributed by atoms with Crippen molar-refractivity contribution in [2.45, 2.75) is 13.8 Å². The van der Waals surface area contributed by atoms with Gasteiger partial charge in [-0.05, 0) is 31.6 Å². The average molecular weight is 210 g/mol. The lowest BCUT2D eigenvalue weighted by Gasteiger charge is -2.02. The van der Waals surface area contributed by atoms with Crippen LogP contribution in [0.1, 0.15) is 25.1 Å². The molecule has 0 aromatic carbocycles. The van der Waals surface area contributed by atoms with Gasteiger partial charge in [0, 0.05) is 11.8 Å². The lowest BCUT2D eigenvalue weighted by atomic mass is 10.0. The summed E-state index contributed by atoms with van der Waals surface area (Å²) in [5, 5.41) is 8.66. The van der Waals surface area contributed by atoms with Crippen molar-refractivity contribution < 1.29 is 0 Å². The van der Waals surface area contributed by atoms with E-state index in [2.05, 4.69) is 11.6 Å². The SMILES string of the molecule is C=C(C)C=C(C=CC)c1ccc(C#N)nc1. The van der Waals surface area contributed by atoms with E-state index in [0.717, 1.165) is 16.7 Å². The number of aromatic nitrogens is 1. The molecule has 1 heterocycles. The monoisotopic (exact) mass is 210 g/mol. The largest absolute Gasteiger partial charge is 0.245 e. The van der Waals surface area contributed by atoms with Gasteiger partial charge in [0.2, 0.25) is 0 Å². The lowest BCUT2D eigenvalue weighted by Crippen LogP contribution is -1.86. The van der Waals surface area contributed by atoms with Gasteiger partial charge in [0.15, 0.2) is 0 Å². The van der Waals surface area contributed by atoms with Gasteiger partial charge in [0.05, 0.1) is 0 Å². The molecule has 0 unspecified atom stereocenters. The topological polar surface area (TPSA) is 36.7 Å². The summed E-state index contributed by atoms with van der Waals surface area (Å²) < 4.78 is 0. The molecule has 0 aliphatic rings. The molecular weight excluding hydrogens is 196 g/mol. The first kappa shape index (κ1) is 11.9. The van der Waals surface area contributed by atoms with Gasteiger partial charge < -0.3 is 0 Å². The molecule has 0 radical (unpaired) electrons. The number of nitrogens with zero attached hydrogens (tertiary/aromatic N) is 2. The van der Waals surface area contributed by atoms with Crippen molar-refractivity contribution in [3.8, 4) is 6.07 Å². The van der Waals surface area contributed by atoms with E-state index >= 15 is 0 Å². The van der Waals surface area contributed by atoms with Gasteiger partial charge >= 0.3 is 0 Å². The van der Waals surface area contributed by atoms with E-state index in [0.29, 0.717) is 5.69 Å². The minimum atomic E-state index is 0.430. The third kappa shape index (κ3) is 3.21. The fourth-order valence-corrected chi connectivity index (χ4v) is 1.30. The molecule has 0 fully saturated rings. The van der Waals surface area contributed by atoms with Crippen LogP contribution in [0.4, 0.5) is 0 Å². The summed E-state index contributed by atoms with van der Waals surface area (Å²) in [4.78, 5) is 4.04. The van der Waals surface area contributed by atoms with E-state index in [-0.39, 0.29) is 0 Å². The third-order valence-corrected chi connectivity index (χ3v) is 1.96. The van der Waals surface area contributed by atoms with Crippen LogP contribution in [0, 0.1) is 11.3 Å². The zero-order valence-electron chi connectivity index (χ0n) is 9.57. The van der Waals surface area contributed by atoms with E-state index in [1.165, 1.54) is 0 Å². The zero-order chi connectivity index (χ0) is 12.0. The highest BCUT2D eigenvalue weighted by molar-refractivity contribution is 5.75. The predicted molar refractivity (Wildman–Crippen MR) is 66.6 cm³/mol. The number of nitriles is 1. The van der Waals surface area contributed by atoms with Crippen molar-refractivity contribution in [1.29, 1.82) is 5.26 Å². The van der Waals surface area contributed by atoms with Crippen molar-refractivity contribution in [1.82, 2.24) is 4.98 Å². The van der Waals surface area contributed by atoms with Crippen molar-refractivity contribution in [3.63, 3.8) is 0 Å². The second-order valence-corrected chi connectivity index (χ2v) is 3.49. The van der Waals surface area contributed by atoms with Crippen LogP contribution in [0.5, 0.6) is 0 Å². The Morgan fingerprint density at radius 1 is 1.50 bits per heavy atom. The van der Waals surface area contributed by atoms with Crippen molar-refractivity contribution in [2.24, 2.45) is 0 Å². The molecule has 0 aliphatic carbocycles. The van der Waals surface area contributed by atoms with Crippen LogP contribution >= 0.6 is 0 Å². The summed E-state index contributed by atoms with van der Waals surface area (Å²) in [5.41, 5.74) is 3.45. The minimum absolute atomic E-state index is 0.430. The molecule has 2 nitrogen and oxygen atoms in total. The second kappa shape index (κ2) is 5.67. The first-order valence-electron chi connectivity index (χ1n) is 5.04. The summed E-state index contributed by atoms with van der Waals surface area (Å²) in [6.45, 7) is 7.76. The number of hydrogen-bond donors (Lipinski definition) is 0. The van der Waals surface area contributed by atoms with Gasteiger partial charge in [0.25, 0.3) is 0 Å². The van der Waals surface area contributed by atoms with E-state index in [4.69, 9.17) is 5.26 Å². The summed E-state index contributed by atoms with van der Waals surface area (Å²) in [5.74, 6) is 0. The average Bonchev–Trinajstić information content (AvgIpc) is 2.28. The number of hydrogen-bond acceptors (Lipinski definition) is 2. The summed E-state index contributed by atoms with van der Waals surface area (Å²) in [7, 11) is 0. The van der Waals surface area contributed by atoms with Crippen LogP contribution in [0.15, 0.2) is 48.7 Å². The highest BCUT2D eigenvalue weighted by Crippen LogP contribution is 2.17. The smallest absolute Gasteiger partial charge is 0.140 e. The maximum atomic E-state index is 8.66. The third-order valence-electron chi connectivity index (χ3n) is 1.96. The molecule has 80 valence electrons. The van der Waals surface area contributed by atoms with E-state index in [9.17, 15) is 0 Å². The fourth-order valence-electron chi connectivity index (χ4n) is 1.30. The van der Waals surface area contributed by atoms with Crippen molar-refractivity contribution >= 4 is 5.57 Å². The Hall–Kier alpha value is -2.14. The van der Waals surface area contributed by atoms with Crippen LogP contribution in [-0.2, 0) is 0 Å². The molecule has 0 atom stereocenters. The molecule has 0 N–H and O–H groups in total. The van der Waals surface area contributed by atoms with Crippen LogP contribution < -0.4 is 0 Å². The standard InChI is InChI=1S/C14H14N2/c1-4-5-12(8-11(2)3)13-6-7-14(9-15)16-10-13/h4-8,10H,2H2,1,3H3. The quantitative estimate of drug-likeness (QED) is 0.716. The Labute approximate surface area is 96.3 Å². The Kier molecular flexibility index (Phi) is 4.23. The molecule has 0 amide bonds. The number of rotatable bonds is 3. The van der Waals surface area contributed by atoms with Gasteiger partial charge in [-0.15, -0.1) is 0 Å². The van der Waals surface area contributed by atoms with Gasteiger partial charge in [-0.25, -0.2) is 4.98 Å². The normalized spacial score (nSPS) is 11.4. The van der Waals surface area contributed by atoms with Gasteiger partial charge in [-0.1, -0.05) is 30.4 Å². The number of allylic oxidation sites excluding steroid dienone is 5. The predicted octanol–water partition coefficient (Wildman–Crippen LogP) is 3.49. The van der Waals surface area contributed by atoms with Gasteiger partial charge in [0.1, 0.15) is 11.8 Å². The van der Waals surface area contributed by atoms with Crippen molar-refractivity contribution in [3.05, 3.63) is 60.0 Å². The molecule has 0 saturated heterocycles. The number of pyridine rings is 1. The summed E-state index contributed by atoms with van der Waals surface area (Å²) in [6, 6.07) is 5.60. The minimum Gasteiger partial charge on any atom is -0.245 e.